The van der Waals surface area contributed by atoms with Crippen molar-refractivity contribution in [2.45, 2.75) is 13.0 Å². The molecule has 7 heteroatoms. The summed E-state index contributed by atoms with van der Waals surface area (Å²) in [4.78, 5) is 26.2. The lowest BCUT2D eigenvalue weighted by atomic mass is 10.2. The molecule has 7 nitrogen and oxygen atoms in total. The molecule has 1 atom stereocenters. The van der Waals surface area contributed by atoms with Gasteiger partial charge in [-0.15, -0.1) is 0 Å². The fourth-order valence-electron chi connectivity index (χ4n) is 2.13. The van der Waals surface area contributed by atoms with Gasteiger partial charge in [0.05, 0.1) is 12.7 Å². The number of carbonyl (C=O) groups excluding carboxylic acids is 1. The van der Waals surface area contributed by atoms with Crippen LogP contribution in [0.25, 0.3) is 0 Å². The lowest BCUT2D eigenvalue weighted by Gasteiger charge is -2.33. The van der Waals surface area contributed by atoms with Crippen molar-refractivity contribution < 1.29 is 24.2 Å². The Kier molecular flexibility index (Phi) is 7.35. The lowest BCUT2D eigenvalue weighted by molar-refractivity contribution is -0.140. The van der Waals surface area contributed by atoms with Gasteiger partial charge >= 0.3 is 11.9 Å². The Morgan fingerprint density at radius 2 is 2.19 bits per heavy atom. The topological polar surface area (TPSA) is 79.3 Å². The van der Waals surface area contributed by atoms with Gasteiger partial charge in [0.25, 0.3) is 0 Å². The van der Waals surface area contributed by atoms with Crippen LogP contribution in [0.3, 0.4) is 0 Å². The van der Waals surface area contributed by atoms with Gasteiger partial charge in [-0.2, -0.15) is 0 Å². The van der Waals surface area contributed by atoms with Crippen molar-refractivity contribution in [3.8, 4) is 0 Å². The fraction of sp³-hybridized carbons (Fsp3) is 0.714. The average molecular weight is 300 g/mol. The van der Waals surface area contributed by atoms with E-state index in [0.717, 1.165) is 25.7 Å². The van der Waals surface area contributed by atoms with E-state index >= 15 is 0 Å². The first-order valence-electron chi connectivity index (χ1n) is 6.95. The first-order chi connectivity index (χ1) is 9.88. The van der Waals surface area contributed by atoms with E-state index in [2.05, 4.69) is 9.80 Å². The molecule has 21 heavy (non-hydrogen) atoms. The molecule has 0 aliphatic carbocycles. The highest BCUT2D eigenvalue weighted by molar-refractivity contribution is 5.95. The van der Waals surface area contributed by atoms with Crippen LogP contribution in [0, 0.1) is 0 Å². The Morgan fingerprint density at radius 1 is 1.48 bits per heavy atom. The van der Waals surface area contributed by atoms with Crippen LogP contribution in [0.1, 0.15) is 6.92 Å². The predicted molar refractivity (Wildman–Crippen MR) is 77.1 cm³/mol. The minimum Gasteiger partial charge on any atom is -0.478 e. The Bertz CT molecular complexity index is 395. The first-order valence-corrected chi connectivity index (χ1v) is 6.95. The van der Waals surface area contributed by atoms with Gasteiger partial charge in [0.15, 0.2) is 0 Å². The Morgan fingerprint density at radius 3 is 2.81 bits per heavy atom. The van der Waals surface area contributed by atoms with Gasteiger partial charge in [0.2, 0.25) is 0 Å². The lowest BCUT2D eigenvalue weighted by Crippen LogP contribution is -2.47. The molecule has 0 saturated carbocycles. The van der Waals surface area contributed by atoms with E-state index in [1.165, 1.54) is 6.92 Å². The van der Waals surface area contributed by atoms with Gasteiger partial charge in [-0.1, -0.05) is 0 Å². The van der Waals surface area contributed by atoms with E-state index in [1.54, 1.807) is 0 Å². The number of aliphatic carboxylic acids is 1. The summed E-state index contributed by atoms with van der Waals surface area (Å²) in [5.74, 6) is -1.74. The van der Waals surface area contributed by atoms with Crippen LogP contribution in [0.15, 0.2) is 11.6 Å². The normalized spacial score (nSPS) is 20.6. The second kappa shape index (κ2) is 8.76. The Balaban J connectivity index is 2.29. The Labute approximate surface area is 125 Å². The molecular weight excluding hydrogens is 276 g/mol. The molecule has 1 fully saturated rings. The molecule has 0 radical (unpaired) electrons. The smallest absolute Gasteiger partial charge is 0.334 e. The molecular formula is C14H24N2O5. The summed E-state index contributed by atoms with van der Waals surface area (Å²) in [7, 11) is 4.00. The summed E-state index contributed by atoms with van der Waals surface area (Å²) in [6.45, 7) is 5.45. The molecule has 1 aliphatic heterocycles. The van der Waals surface area contributed by atoms with Crippen molar-refractivity contribution in [3.05, 3.63) is 11.6 Å². The fourth-order valence-corrected chi connectivity index (χ4v) is 2.13. The van der Waals surface area contributed by atoms with Gasteiger partial charge in [0, 0.05) is 37.8 Å². The third-order valence-electron chi connectivity index (χ3n) is 3.09. The molecule has 1 heterocycles. The number of carboxylic acid groups (broad SMARTS) is 1. The van der Waals surface area contributed by atoms with Gasteiger partial charge in [-0.25, -0.2) is 9.59 Å². The number of ether oxygens (including phenoxy) is 2. The molecule has 0 spiro atoms. The maximum atomic E-state index is 11.5. The molecule has 1 saturated heterocycles. The van der Waals surface area contributed by atoms with Crippen LogP contribution in [0.5, 0.6) is 0 Å². The number of hydrogen-bond acceptors (Lipinski definition) is 6. The molecule has 1 unspecified atom stereocenters. The zero-order chi connectivity index (χ0) is 15.8. The van der Waals surface area contributed by atoms with Crippen LogP contribution < -0.4 is 0 Å². The molecule has 1 N–H and O–H groups in total. The minimum atomic E-state index is -1.15. The van der Waals surface area contributed by atoms with Crippen LogP contribution >= 0.6 is 0 Å². The maximum absolute atomic E-state index is 11.5. The van der Waals surface area contributed by atoms with Crippen LogP contribution in [0.4, 0.5) is 0 Å². The van der Waals surface area contributed by atoms with Crippen LogP contribution in [0.2, 0.25) is 0 Å². The first kappa shape index (κ1) is 17.6. The number of nitrogens with zero attached hydrogens (tertiary/aromatic N) is 2. The second-order valence-corrected chi connectivity index (χ2v) is 5.36. The monoisotopic (exact) mass is 300 g/mol. The highest BCUT2D eigenvalue weighted by Crippen LogP contribution is 2.06. The van der Waals surface area contributed by atoms with Crippen molar-refractivity contribution in [1.82, 2.24) is 9.80 Å². The predicted octanol–water partition coefficient (Wildman–Crippen LogP) is -0.177. The number of esters is 1. The number of carboxylic acids is 1. The molecule has 0 aromatic heterocycles. The van der Waals surface area contributed by atoms with E-state index in [0.29, 0.717) is 13.2 Å². The summed E-state index contributed by atoms with van der Waals surface area (Å²) < 4.78 is 10.7. The molecule has 0 amide bonds. The number of hydrogen-bond donors (Lipinski definition) is 1. The number of morpholine rings is 1. The maximum Gasteiger partial charge on any atom is 0.334 e. The van der Waals surface area contributed by atoms with Gasteiger partial charge < -0.3 is 19.5 Å². The summed E-state index contributed by atoms with van der Waals surface area (Å²) in [6.07, 6.45) is 1.02. The van der Waals surface area contributed by atoms with Crippen molar-refractivity contribution in [3.63, 3.8) is 0 Å². The van der Waals surface area contributed by atoms with Crippen molar-refractivity contribution in [2.24, 2.45) is 0 Å². The third kappa shape index (κ3) is 7.22. The number of carbonyl (C=O) groups is 2. The van der Waals surface area contributed by atoms with Crippen molar-refractivity contribution >= 4 is 11.9 Å². The van der Waals surface area contributed by atoms with E-state index in [9.17, 15) is 9.59 Å². The van der Waals surface area contributed by atoms with Crippen molar-refractivity contribution in [1.29, 1.82) is 0 Å². The minimum absolute atomic E-state index is 0.0926. The standard InChI is InChI=1S/C14H24N2O5/c1-11(8-13(17)18)14(19)21-7-5-16-4-6-20-12(10-16)9-15(2)3/h8,12H,4-7,9-10H2,1-3H3,(H,17,18)/b11-8+. The molecule has 0 bridgehead atoms. The highest BCUT2D eigenvalue weighted by Gasteiger charge is 2.21. The Hall–Kier alpha value is -1.44. The molecule has 1 aliphatic rings. The largest absolute Gasteiger partial charge is 0.478 e. The number of likely N-dealkylation sites (N-methyl/N-ethyl adjacent to an activating group) is 1. The average Bonchev–Trinajstić information content (AvgIpc) is 2.37. The molecule has 1 rings (SSSR count). The van der Waals surface area contributed by atoms with Crippen LogP contribution in [-0.2, 0) is 19.1 Å². The summed E-state index contributed by atoms with van der Waals surface area (Å²) in [5.41, 5.74) is 0.0926. The zero-order valence-corrected chi connectivity index (χ0v) is 12.9. The van der Waals surface area contributed by atoms with E-state index in [1.807, 2.05) is 14.1 Å². The zero-order valence-electron chi connectivity index (χ0n) is 12.9. The molecule has 0 aromatic rings. The quantitative estimate of drug-likeness (QED) is 0.516. The van der Waals surface area contributed by atoms with Crippen LogP contribution in [-0.4, -0.2) is 86.4 Å². The van der Waals surface area contributed by atoms with Gasteiger partial charge in [0.1, 0.15) is 6.61 Å². The SMILES string of the molecule is C/C(=C\C(=O)O)C(=O)OCCN1CCOC(CN(C)C)C1. The van der Waals surface area contributed by atoms with Gasteiger partial charge in [-0.3, -0.25) is 4.90 Å². The summed E-state index contributed by atoms with van der Waals surface area (Å²) >= 11 is 0. The summed E-state index contributed by atoms with van der Waals surface area (Å²) in [5, 5.41) is 8.55. The van der Waals surface area contributed by atoms with E-state index in [-0.39, 0.29) is 18.3 Å². The van der Waals surface area contributed by atoms with E-state index < -0.39 is 11.9 Å². The molecule has 0 aromatic carbocycles. The number of rotatable bonds is 7. The highest BCUT2D eigenvalue weighted by atomic mass is 16.5. The summed E-state index contributed by atoms with van der Waals surface area (Å²) in [6, 6.07) is 0. The van der Waals surface area contributed by atoms with Crippen molar-refractivity contribution in [2.75, 3.05) is 53.5 Å². The third-order valence-corrected chi connectivity index (χ3v) is 3.09. The van der Waals surface area contributed by atoms with Gasteiger partial charge in [-0.05, 0) is 21.0 Å². The van der Waals surface area contributed by atoms with E-state index in [4.69, 9.17) is 14.6 Å². The molecule has 120 valence electrons. The second-order valence-electron chi connectivity index (χ2n) is 5.36.